The highest BCUT2D eigenvalue weighted by Gasteiger charge is 2.11. The predicted octanol–water partition coefficient (Wildman–Crippen LogP) is 6.79. The third-order valence-corrected chi connectivity index (χ3v) is 6.94. The zero-order valence-corrected chi connectivity index (χ0v) is 22.3. The second-order valence-corrected chi connectivity index (χ2v) is 9.70. The van der Waals surface area contributed by atoms with Crippen LogP contribution in [0.1, 0.15) is 49.6 Å². The van der Waals surface area contributed by atoms with E-state index in [1.54, 1.807) is 0 Å². The van der Waals surface area contributed by atoms with Gasteiger partial charge >= 0.3 is 0 Å². The molecule has 4 rings (SSSR count). The Bertz CT molecular complexity index is 1280. The van der Waals surface area contributed by atoms with Gasteiger partial charge in [0.05, 0.1) is 24.1 Å². The molecule has 4 aromatic rings. The minimum atomic E-state index is 0.0124. The first kappa shape index (κ1) is 26.7. The summed E-state index contributed by atoms with van der Waals surface area (Å²) in [6.45, 7) is 4.38. The molecule has 0 aliphatic heterocycles. The second-order valence-electron chi connectivity index (χ2n) is 9.30. The summed E-state index contributed by atoms with van der Waals surface area (Å²) >= 11 is 6.15. The Hall–Kier alpha value is -3.31. The van der Waals surface area contributed by atoms with Crippen LogP contribution in [0, 0.1) is 0 Å². The first-order valence-electron chi connectivity index (χ1n) is 13.3. The lowest BCUT2D eigenvalue weighted by molar-refractivity contribution is -0.120. The van der Waals surface area contributed by atoms with E-state index in [-0.39, 0.29) is 5.91 Å². The van der Waals surface area contributed by atoms with Crippen molar-refractivity contribution in [1.82, 2.24) is 14.9 Å². The minimum Gasteiger partial charge on any atom is -0.494 e. The average molecular weight is 518 g/mol. The summed E-state index contributed by atoms with van der Waals surface area (Å²) in [7, 11) is 0. The highest BCUT2D eigenvalue weighted by molar-refractivity contribution is 6.31. The molecule has 6 heteroatoms. The predicted molar refractivity (Wildman–Crippen MR) is 151 cm³/mol. The molecule has 0 bridgehead atoms. The molecule has 0 aliphatic carbocycles. The molecule has 0 saturated heterocycles. The van der Waals surface area contributed by atoms with Gasteiger partial charge in [-0.2, -0.15) is 0 Å². The number of nitrogens with one attached hydrogen (secondary N) is 1. The van der Waals surface area contributed by atoms with Gasteiger partial charge in [0.2, 0.25) is 5.91 Å². The van der Waals surface area contributed by atoms with Crippen molar-refractivity contribution >= 4 is 28.5 Å². The Morgan fingerprint density at radius 1 is 0.946 bits per heavy atom. The van der Waals surface area contributed by atoms with E-state index in [1.807, 2.05) is 30.3 Å². The number of amides is 1. The van der Waals surface area contributed by atoms with Crippen LogP contribution in [0.25, 0.3) is 11.0 Å². The van der Waals surface area contributed by atoms with Crippen LogP contribution in [0.4, 0.5) is 0 Å². The van der Waals surface area contributed by atoms with Gasteiger partial charge in [-0.25, -0.2) is 4.98 Å². The van der Waals surface area contributed by atoms with E-state index in [2.05, 4.69) is 59.3 Å². The quantitative estimate of drug-likeness (QED) is 0.187. The summed E-state index contributed by atoms with van der Waals surface area (Å²) in [5, 5.41) is 3.65. The number of unbranched alkanes of at least 4 members (excludes halogenated alkanes) is 2. The van der Waals surface area contributed by atoms with Gasteiger partial charge in [-0.3, -0.25) is 4.79 Å². The molecule has 5 nitrogen and oxygen atoms in total. The topological polar surface area (TPSA) is 56.1 Å². The van der Waals surface area contributed by atoms with E-state index in [4.69, 9.17) is 21.3 Å². The lowest BCUT2D eigenvalue weighted by Gasteiger charge is -2.11. The van der Waals surface area contributed by atoms with E-state index >= 15 is 0 Å². The number of imidazole rings is 1. The Labute approximate surface area is 224 Å². The van der Waals surface area contributed by atoms with Crippen molar-refractivity contribution < 1.29 is 9.53 Å². The lowest BCUT2D eigenvalue weighted by atomic mass is 10.1. The van der Waals surface area contributed by atoms with E-state index in [1.165, 1.54) is 11.1 Å². The van der Waals surface area contributed by atoms with E-state index in [9.17, 15) is 4.79 Å². The van der Waals surface area contributed by atoms with Crippen LogP contribution in [0.15, 0.2) is 72.8 Å². The summed E-state index contributed by atoms with van der Waals surface area (Å²) in [4.78, 5) is 17.1. The number of fused-ring (bicyclic) bond motifs is 1. The van der Waals surface area contributed by atoms with Crippen molar-refractivity contribution in [2.45, 2.75) is 58.4 Å². The van der Waals surface area contributed by atoms with Crippen LogP contribution < -0.4 is 10.1 Å². The van der Waals surface area contributed by atoms with Gasteiger partial charge in [0, 0.05) is 24.5 Å². The number of carbonyl (C=O) groups is 1. The van der Waals surface area contributed by atoms with Crippen LogP contribution in [0.2, 0.25) is 5.02 Å². The fourth-order valence-electron chi connectivity index (χ4n) is 4.49. The van der Waals surface area contributed by atoms with E-state index < -0.39 is 0 Å². The number of carbonyl (C=O) groups excluding carboxylic acids is 1. The zero-order valence-electron chi connectivity index (χ0n) is 21.6. The first-order chi connectivity index (χ1) is 18.1. The maximum absolute atomic E-state index is 12.2. The fourth-order valence-corrected chi connectivity index (χ4v) is 4.69. The third-order valence-electron chi connectivity index (χ3n) is 6.57. The van der Waals surface area contributed by atoms with Crippen molar-refractivity contribution in [1.29, 1.82) is 0 Å². The van der Waals surface area contributed by atoms with Crippen molar-refractivity contribution in [3.05, 3.63) is 94.8 Å². The fraction of sp³-hybridized carbons (Fsp3) is 0.355. The molecular formula is C31H36ClN3O2. The number of ether oxygens (including phenoxy) is 1. The summed E-state index contributed by atoms with van der Waals surface area (Å²) in [6.07, 6.45) is 6.20. The minimum absolute atomic E-state index is 0.0124. The number of nitrogens with zero attached hydrogens (tertiary/aromatic N) is 2. The molecule has 194 valence electrons. The Balaban J connectivity index is 1.21. The summed E-state index contributed by atoms with van der Waals surface area (Å²) in [6, 6.07) is 24.2. The standard InChI is InChI=1S/C31H36ClN3O2/c1-2-24-16-18-26(19-17-24)37-22-10-21-35-29-14-8-7-13-28(29)34-30(35)15-4-3-9-20-33-31(36)23-25-11-5-6-12-27(25)32/h5-8,11-14,16-19H,2-4,9-10,15,20-23H2,1H3,(H,33,36). The van der Waals surface area contributed by atoms with Crippen molar-refractivity contribution in [3.8, 4) is 5.75 Å². The molecule has 3 aromatic carbocycles. The number of benzene rings is 3. The van der Waals surface area contributed by atoms with Crippen LogP contribution in [0.5, 0.6) is 5.75 Å². The second kappa shape index (κ2) is 13.8. The molecule has 1 N–H and O–H groups in total. The van der Waals surface area contributed by atoms with E-state index in [0.717, 1.165) is 67.7 Å². The van der Waals surface area contributed by atoms with Crippen molar-refractivity contribution in [3.63, 3.8) is 0 Å². The van der Waals surface area contributed by atoms with Gasteiger partial charge in [0.25, 0.3) is 0 Å². The van der Waals surface area contributed by atoms with Crippen LogP contribution in [-0.2, 0) is 30.6 Å². The van der Waals surface area contributed by atoms with Crippen molar-refractivity contribution in [2.75, 3.05) is 13.2 Å². The molecule has 1 aromatic heterocycles. The van der Waals surface area contributed by atoms with Gasteiger partial charge in [-0.1, -0.05) is 67.4 Å². The van der Waals surface area contributed by atoms with Crippen molar-refractivity contribution in [2.24, 2.45) is 0 Å². The lowest BCUT2D eigenvalue weighted by Crippen LogP contribution is -2.26. The number of aryl methyl sites for hydroxylation is 3. The summed E-state index contributed by atoms with van der Waals surface area (Å²) in [5.74, 6) is 2.06. The van der Waals surface area contributed by atoms with Gasteiger partial charge < -0.3 is 14.6 Å². The number of para-hydroxylation sites is 2. The Morgan fingerprint density at radius 2 is 1.73 bits per heavy atom. The van der Waals surface area contributed by atoms with Gasteiger partial charge in [-0.05, 0) is 67.1 Å². The molecule has 0 unspecified atom stereocenters. The number of halogens is 1. The normalized spacial score (nSPS) is 11.1. The van der Waals surface area contributed by atoms with Gasteiger partial charge in [0.1, 0.15) is 11.6 Å². The molecule has 1 heterocycles. The Kier molecular flexibility index (Phi) is 10.0. The zero-order chi connectivity index (χ0) is 25.9. The summed E-state index contributed by atoms with van der Waals surface area (Å²) in [5.41, 5.74) is 4.40. The number of rotatable bonds is 14. The molecular weight excluding hydrogens is 482 g/mol. The molecule has 1 amide bonds. The Morgan fingerprint density at radius 3 is 2.54 bits per heavy atom. The first-order valence-corrected chi connectivity index (χ1v) is 13.7. The SMILES string of the molecule is CCc1ccc(OCCCn2c(CCCCCNC(=O)Cc3ccccc3Cl)nc3ccccc32)cc1. The molecule has 0 fully saturated rings. The monoisotopic (exact) mass is 517 g/mol. The largest absolute Gasteiger partial charge is 0.494 e. The maximum Gasteiger partial charge on any atom is 0.224 e. The molecule has 0 radical (unpaired) electrons. The average Bonchev–Trinajstić information content (AvgIpc) is 3.27. The molecule has 0 aliphatic rings. The third kappa shape index (κ3) is 7.83. The maximum atomic E-state index is 12.2. The highest BCUT2D eigenvalue weighted by atomic mass is 35.5. The molecule has 0 atom stereocenters. The molecule has 37 heavy (non-hydrogen) atoms. The van der Waals surface area contributed by atoms with Crippen LogP contribution >= 0.6 is 11.6 Å². The molecule has 0 saturated carbocycles. The van der Waals surface area contributed by atoms with Gasteiger partial charge in [0.15, 0.2) is 0 Å². The smallest absolute Gasteiger partial charge is 0.224 e. The van der Waals surface area contributed by atoms with Crippen LogP contribution in [0.3, 0.4) is 0 Å². The number of aromatic nitrogens is 2. The van der Waals surface area contributed by atoms with E-state index in [0.29, 0.717) is 24.6 Å². The number of hydrogen-bond acceptors (Lipinski definition) is 3. The molecule has 0 spiro atoms. The van der Waals surface area contributed by atoms with Crippen LogP contribution in [-0.4, -0.2) is 28.6 Å². The van der Waals surface area contributed by atoms with Gasteiger partial charge in [-0.15, -0.1) is 0 Å². The number of hydrogen-bond donors (Lipinski definition) is 1. The summed E-state index contributed by atoms with van der Waals surface area (Å²) < 4.78 is 8.31. The highest BCUT2D eigenvalue weighted by Crippen LogP contribution is 2.19.